The van der Waals surface area contributed by atoms with E-state index in [0.29, 0.717) is 12.2 Å². The molecule has 0 radical (unpaired) electrons. The average Bonchev–Trinajstić information content (AvgIpc) is 2.97. The fraction of sp³-hybridized carbons (Fsp3) is 0.529. The van der Waals surface area contributed by atoms with E-state index < -0.39 is 0 Å². The molecule has 23 heavy (non-hydrogen) atoms. The maximum Gasteiger partial charge on any atom is 0.228 e. The van der Waals surface area contributed by atoms with Crippen molar-refractivity contribution in [2.45, 2.75) is 13.3 Å². The van der Waals surface area contributed by atoms with Crippen molar-refractivity contribution in [2.75, 3.05) is 44.2 Å². The van der Waals surface area contributed by atoms with Crippen LogP contribution in [0.4, 0.5) is 10.1 Å². The van der Waals surface area contributed by atoms with Crippen molar-refractivity contribution in [3.05, 3.63) is 30.1 Å². The Hall–Kier alpha value is -1.95. The van der Waals surface area contributed by atoms with Crippen molar-refractivity contribution in [1.82, 2.24) is 9.80 Å². The molecule has 2 aliphatic rings. The number of benzene rings is 1. The zero-order chi connectivity index (χ0) is 16.4. The first-order valence-electron chi connectivity index (χ1n) is 8.15. The third-order valence-corrected chi connectivity index (χ3v) is 4.74. The monoisotopic (exact) mass is 319 g/mol. The van der Waals surface area contributed by atoms with E-state index in [2.05, 4.69) is 11.8 Å². The Morgan fingerprint density at radius 3 is 2.43 bits per heavy atom. The van der Waals surface area contributed by atoms with Crippen LogP contribution >= 0.6 is 0 Å². The number of amides is 2. The molecule has 2 saturated heterocycles. The zero-order valence-electron chi connectivity index (χ0n) is 13.4. The van der Waals surface area contributed by atoms with Crippen molar-refractivity contribution in [2.24, 2.45) is 5.92 Å². The number of nitrogens with zero attached hydrogens (tertiary/aromatic N) is 3. The molecule has 1 aromatic rings. The minimum Gasteiger partial charge on any atom is -0.340 e. The van der Waals surface area contributed by atoms with E-state index in [0.717, 1.165) is 32.7 Å². The van der Waals surface area contributed by atoms with Gasteiger partial charge < -0.3 is 14.7 Å². The zero-order valence-corrected chi connectivity index (χ0v) is 13.4. The SMILES string of the molecule is CCN1CCN(C(=O)C2CC(=O)N(c3ccc(F)cc3)C2)CC1. The van der Waals surface area contributed by atoms with Crippen molar-refractivity contribution >= 4 is 17.5 Å². The molecule has 0 saturated carbocycles. The maximum atomic E-state index is 13.0. The summed E-state index contributed by atoms with van der Waals surface area (Å²) in [5, 5.41) is 0. The van der Waals surface area contributed by atoms with Crippen molar-refractivity contribution < 1.29 is 14.0 Å². The largest absolute Gasteiger partial charge is 0.340 e. The van der Waals surface area contributed by atoms with Gasteiger partial charge in [-0.15, -0.1) is 0 Å². The molecule has 1 atom stereocenters. The molecule has 5 nitrogen and oxygen atoms in total. The molecular formula is C17H22FN3O2. The highest BCUT2D eigenvalue weighted by Crippen LogP contribution is 2.26. The molecule has 0 N–H and O–H groups in total. The number of hydrogen-bond acceptors (Lipinski definition) is 3. The van der Waals surface area contributed by atoms with Gasteiger partial charge in [-0.2, -0.15) is 0 Å². The van der Waals surface area contributed by atoms with Gasteiger partial charge in [0.15, 0.2) is 0 Å². The number of halogens is 1. The summed E-state index contributed by atoms with van der Waals surface area (Å²) in [4.78, 5) is 30.6. The van der Waals surface area contributed by atoms with Gasteiger partial charge in [-0.1, -0.05) is 6.92 Å². The lowest BCUT2D eigenvalue weighted by Gasteiger charge is -2.35. The van der Waals surface area contributed by atoms with Crippen molar-refractivity contribution in [3.8, 4) is 0 Å². The minimum atomic E-state index is -0.332. The molecule has 6 heteroatoms. The quantitative estimate of drug-likeness (QED) is 0.844. The van der Waals surface area contributed by atoms with Gasteiger partial charge in [-0.3, -0.25) is 9.59 Å². The van der Waals surface area contributed by atoms with Crippen LogP contribution in [0.25, 0.3) is 0 Å². The van der Waals surface area contributed by atoms with Crippen LogP contribution in [0, 0.1) is 11.7 Å². The van der Waals surface area contributed by atoms with Crippen LogP contribution in [0.5, 0.6) is 0 Å². The second-order valence-corrected chi connectivity index (χ2v) is 6.14. The highest BCUT2D eigenvalue weighted by molar-refractivity contribution is 6.00. The van der Waals surface area contributed by atoms with Crippen LogP contribution in [-0.2, 0) is 9.59 Å². The molecule has 2 fully saturated rings. The van der Waals surface area contributed by atoms with Gasteiger partial charge in [0.2, 0.25) is 11.8 Å². The fourth-order valence-electron chi connectivity index (χ4n) is 3.29. The normalized spacial score (nSPS) is 22.7. The molecule has 2 amide bonds. The Bertz CT molecular complexity index is 582. The highest BCUT2D eigenvalue weighted by Gasteiger charge is 2.37. The summed E-state index contributed by atoms with van der Waals surface area (Å²) >= 11 is 0. The molecule has 124 valence electrons. The number of piperazine rings is 1. The Balaban J connectivity index is 1.63. The van der Waals surface area contributed by atoms with E-state index in [4.69, 9.17) is 0 Å². The number of rotatable bonds is 3. The van der Waals surface area contributed by atoms with Gasteiger partial charge >= 0.3 is 0 Å². The summed E-state index contributed by atoms with van der Waals surface area (Å²) < 4.78 is 13.0. The molecule has 2 heterocycles. The summed E-state index contributed by atoms with van der Waals surface area (Å²) in [7, 11) is 0. The molecule has 2 aliphatic heterocycles. The van der Waals surface area contributed by atoms with Crippen LogP contribution in [0.15, 0.2) is 24.3 Å². The molecule has 0 aliphatic carbocycles. The Morgan fingerprint density at radius 1 is 1.17 bits per heavy atom. The third kappa shape index (κ3) is 3.37. The lowest BCUT2D eigenvalue weighted by molar-refractivity contribution is -0.137. The second kappa shape index (κ2) is 6.66. The third-order valence-electron chi connectivity index (χ3n) is 4.74. The van der Waals surface area contributed by atoms with E-state index in [-0.39, 0.29) is 30.0 Å². The standard InChI is InChI=1S/C17H22FN3O2/c1-2-19-7-9-20(10-8-19)17(23)13-11-16(22)21(12-13)15-5-3-14(18)4-6-15/h3-6,13H,2,7-12H2,1H3. The lowest BCUT2D eigenvalue weighted by atomic mass is 10.1. The van der Waals surface area contributed by atoms with E-state index in [9.17, 15) is 14.0 Å². The Morgan fingerprint density at radius 2 is 1.83 bits per heavy atom. The predicted octanol–water partition coefficient (Wildman–Crippen LogP) is 1.34. The molecule has 0 bridgehead atoms. The minimum absolute atomic E-state index is 0.0675. The highest BCUT2D eigenvalue weighted by atomic mass is 19.1. The molecule has 1 unspecified atom stereocenters. The Labute approximate surface area is 135 Å². The molecule has 0 spiro atoms. The fourth-order valence-corrected chi connectivity index (χ4v) is 3.29. The van der Waals surface area contributed by atoms with Crippen molar-refractivity contribution in [3.63, 3.8) is 0 Å². The number of anilines is 1. The van der Waals surface area contributed by atoms with Crippen molar-refractivity contribution in [1.29, 1.82) is 0 Å². The summed E-state index contributed by atoms with van der Waals surface area (Å²) in [6, 6.07) is 5.84. The van der Waals surface area contributed by atoms with Crippen LogP contribution in [-0.4, -0.2) is 60.9 Å². The molecule has 0 aromatic heterocycles. The van der Waals surface area contributed by atoms with Crippen LogP contribution < -0.4 is 4.90 Å². The van der Waals surface area contributed by atoms with Crippen LogP contribution in [0.2, 0.25) is 0 Å². The van der Waals surface area contributed by atoms with Gasteiger partial charge in [-0.05, 0) is 30.8 Å². The first-order chi connectivity index (χ1) is 11.1. The first-order valence-corrected chi connectivity index (χ1v) is 8.15. The number of hydrogen-bond donors (Lipinski definition) is 0. The summed E-state index contributed by atoms with van der Waals surface area (Å²) in [5.74, 6) is -0.622. The smallest absolute Gasteiger partial charge is 0.228 e. The average molecular weight is 319 g/mol. The van der Waals surface area contributed by atoms with Crippen LogP contribution in [0.1, 0.15) is 13.3 Å². The topological polar surface area (TPSA) is 43.9 Å². The number of carbonyl (C=O) groups excluding carboxylic acids is 2. The van der Waals surface area contributed by atoms with Gasteiger partial charge in [-0.25, -0.2) is 4.39 Å². The van der Waals surface area contributed by atoms with Crippen LogP contribution in [0.3, 0.4) is 0 Å². The van der Waals surface area contributed by atoms with Gasteiger partial charge in [0, 0.05) is 44.8 Å². The summed E-state index contributed by atoms with van der Waals surface area (Å²) in [5.41, 5.74) is 0.655. The molecular weight excluding hydrogens is 297 g/mol. The summed E-state index contributed by atoms with van der Waals surface area (Å²) in [6.07, 6.45) is 0.240. The number of carbonyl (C=O) groups is 2. The van der Waals surface area contributed by atoms with Gasteiger partial charge in [0.05, 0.1) is 5.92 Å². The summed E-state index contributed by atoms with van der Waals surface area (Å²) in [6.45, 7) is 6.75. The van der Waals surface area contributed by atoms with E-state index in [1.165, 1.54) is 12.1 Å². The molecule has 3 rings (SSSR count). The van der Waals surface area contributed by atoms with E-state index in [1.807, 2.05) is 4.90 Å². The van der Waals surface area contributed by atoms with E-state index >= 15 is 0 Å². The Kier molecular flexibility index (Phi) is 4.61. The second-order valence-electron chi connectivity index (χ2n) is 6.14. The number of likely N-dealkylation sites (N-methyl/N-ethyl adjacent to an activating group) is 1. The van der Waals surface area contributed by atoms with Gasteiger partial charge in [0.25, 0.3) is 0 Å². The maximum absolute atomic E-state index is 13.0. The van der Waals surface area contributed by atoms with Gasteiger partial charge in [0.1, 0.15) is 5.82 Å². The predicted molar refractivity (Wildman–Crippen MR) is 85.6 cm³/mol. The lowest BCUT2D eigenvalue weighted by Crippen LogP contribution is -2.50. The first kappa shape index (κ1) is 15.9. The van der Waals surface area contributed by atoms with E-state index in [1.54, 1.807) is 17.0 Å². The molecule has 1 aromatic carbocycles.